The van der Waals surface area contributed by atoms with Crippen LogP contribution in [0.2, 0.25) is 0 Å². The van der Waals surface area contributed by atoms with E-state index in [1.54, 1.807) is 6.20 Å². The topological polar surface area (TPSA) is 76.8 Å². The van der Waals surface area contributed by atoms with Gasteiger partial charge in [-0.2, -0.15) is 10.2 Å². The number of aryl methyl sites for hydroxylation is 2. The number of hydrogen-bond acceptors (Lipinski definition) is 4. The van der Waals surface area contributed by atoms with Gasteiger partial charge in [-0.15, -0.1) is 0 Å². The van der Waals surface area contributed by atoms with Crippen LogP contribution in [0, 0.1) is 0 Å². The number of carbonyl (C=O) groups is 1. The summed E-state index contributed by atoms with van der Waals surface area (Å²) in [5.74, 6) is 0.0926. The summed E-state index contributed by atoms with van der Waals surface area (Å²) in [6.07, 6.45) is 3.11. The number of carbonyl (C=O) groups excluding carboxylic acids is 1. The molecule has 136 valence electrons. The number of nitrogens with zero attached hydrogens (tertiary/aromatic N) is 4. The Labute approximate surface area is 152 Å². The first-order valence-electron chi connectivity index (χ1n) is 9.12. The Morgan fingerprint density at radius 1 is 1.31 bits per heavy atom. The van der Waals surface area contributed by atoms with Crippen molar-refractivity contribution < 1.29 is 4.79 Å². The van der Waals surface area contributed by atoms with Gasteiger partial charge in [-0.1, -0.05) is 18.2 Å². The highest BCUT2D eigenvalue weighted by atomic mass is 16.1. The number of amides is 1. The van der Waals surface area contributed by atoms with Crippen LogP contribution in [0.4, 0.5) is 0 Å². The predicted molar refractivity (Wildman–Crippen MR) is 99.4 cm³/mol. The molecule has 3 aromatic rings. The molecule has 3 heterocycles. The third-order valence-electron chi connectivity index (χ3n) is 5.14. The highest BCUT2D eigenvalue weighted by Crippen LogP contribution is 2.25. The summed E-state index contributed by atoms with van der Waals surface area (Å²) in [4.78, 5) is 11.9. The number of aromatic nitrogens is 4. The maximum absolute atomic E-state index is 11.9. The van der Waals surface area contributed by atoms with Gasteiger partial charge in [0.2, 0.25) is 5.91 Å². The lowest BCUT2D eigenvalue weighted by Crippen LogP contribution is -2.48. The molecule has 26 heavy (non-hydrogen) atoms. The number of piperidine rings is 1. The van der Waals surface area contributed by atoms with Crippen LogP contribution in [0.3, 0.4) is 0 Å². The molecule has 2 aromatic heterocycles. The van der Waals surface area contributed by atoms with Crippen molar-refractivity contribution in [3.63, 3.8) is 0 Å². The molecule has 1 amide bonds. The van der Waals surface area contributed by atoms with E-state index in [2.05, 4.69) is 34.8 Å². The summed E-state index contributed by atoms with van der Waals surface area (Å²) in [5.41, 5.74) is 3.22. The van der Waals surface area contributed by atoms with Gasteiger partial charge in [0.15, 0.2) is 0 Å². The second-order valence-corrected chi connectivity index (χ2v) is 6.73. The van der Waals surface area contributed by atoms with Crippen molar-refractivity contribution in [1.29, 1.82) is 0 Å². The molecular formula is C19H24N6O. The lowest BCUT2D eigenvalue weighted by Gasteiger charge is -2.33. The highest BCUT2D eigenvalue weighted by Gasteiger charge is 2.31. The minimum atomic E-state index is -0.0803. The summed E-state index contributed by atoms with van der Waals surface area (Å²) >= 11 is 0. The van der Waals surface area contributed by atoms with Gasteiger partial charge in [0.05, 0.1) is 22.9 Å². The normalized spacial score (nSPS) is 20.5. The van der Waals surface area contributed by atoms with E-state index in [9.17, 15) is 4.79 Å². The standard InChI is InChI=1S/C19H24N6O/c1-3-25-16-7-5-4-6-13(16)15(23-25)12-20-14-8-9-18(26)22-19(14)17-10-11-21-24(17)2/h4-7,10-11,14,19-20H,3,8-9,12H2,1-2H3,(H,22,26)/t14-,19-/m1/s1. The van der Waals surface area contributed by atoms with E-state index in [0.717, 1.165) is 29.9 Å². The number of benzene rings is 1. The van der Waals surface area contributed by atoms with E-state index in [4.69, 9.17) is 5.10 Å². The molecule has 2 N–H and O–H groups in total. The molecule has 0 radical (unpaired) electrons. The van der Waals surface area contributed by atoms with E-state index in [1.807, 2.05) is 34.6 Å². The molecule has 2 atom stereocenters. The molecule has 0 saturated carbocycles. The Balaban J connectivity index is 1.56. The van der Waals surface area contributed by atoms with Crippen LogP contribution in [0.15, 0.2) is 36.5 Å². The fourth-order valence-electron chi connectivity index (χ4n) is 3.78. The largest absolute Gasteiger partial charge is 0.346 e. The Morgan fingerprint density at radius 3 is 2.92 bits per heavy atom. The zero-order valence-electron chi connectivity index (χ0n) is 15.1. The molecule has 1 fully saturated rings. The number of fused-ring (bicyclic) bond motifs is 1. The Kier molecular flexibility index (Phi) is 4.46. The summed E-state index contributed by atoms with van der Waals surface area (Å²) in [7, 11) is 1.91. The number of rotatable bonds is 5. The first-order valence-corrected chi connectivity index (χ1v) is 9.12. The highest BCUT2D eigenvalue weighted by molar-refractivity contribution is 5.82. The van der Waals surface area contributed by atoms with E-state index in [0.29, 0.717) is 13.0 Å². The summed E-state index contributed by atoms with van der Waals surface area (Å²) in [6, 6.07) is 10.3. The Morgan fingerprint density at radius 2 is 2.15 bits per heavy atom. The van der Waals surface area contributed by atoms with Gasteiger partial charge < -0.3 is 10.6 Å². The molecule has 1 aliphatic rings. The van der Waals surface area contributed by atoms with Crippen molar-refractivity contribution in [2.45, 2.75) is 44.9 Å². The van der Waals surface area contributed by atoms with Crippen molar-refractivity contribution in [2.75, 3.05) is 0 Å². The van der Waals surface area contributed by atoms with Crippen molar-refractivity contribution in [3.8, 4) is 0 Å². The third-order valence-corrected chi connectivity index (χ3v) is 5.14. The van der Waals surface area contributed by atoms with E-state index < -0.39 is 0 Å². The second-order valence-electron chi connectivity index (χ2n) is 6.73. The van der Waals surface area contributed by atoms with Gasteiger partial charge in [-0.25, -0.2) is 0 Å². The summed E-state index contributed by atoms with van der Waals surface area (Å²) in [5, 5.41) is 16.9. The average molecular weight is 352 g/mol. The van der Waals surface area contributed by atoms with Crippen LogP contribution in [0.1, 0.15) is 37.2 Å². The van der Waals surface area contributed by atoms with Crippen LogP contribution >= 0.6 is 0 Å². The minimum Gasteiger partial charge on any atom is -0.346 e. The smallest absolute Gasteiger partial charge is 0.220 e. The van der Waals surface area contributed by atoms with Crippen LogP contribution in [0.5, 0.6) is 0 Å². The minimum absolute atomic E-state index is 0.0803. The van der Waals surface area contributed by atoms with Gasteiger partial charge in [0, 0.05) is 44.2 Å². The first-order chi connectivity index (χ1) is 12.7. The van der Waals surface area contributed by atoms with E-state index in [1.165, 1.54) is 5.39 Å². The van der Waals surface area contributed by atoms with Crippen LogP contribution in [-0.2, 0) is 24.9 Å². The molecular weight excluding hydrogens is 328 g/mol. The summed E-state index contributed by atoms with van der Waals surface area (Å²) < 4.78 is 3.86. The molecule has 0 bridgehead atoms. The Bertz CT molecular complexity index is 927. The van der Waals surface area contributed by atoms with Gasteiger partial charge in [0.1, 0.15) is 0 Å². The molecule has 4 rings (SSSR count). The van der Waals surface area contributed by atoms with Crippen molar-refractivity contribution in [1.82, 2.24) is 30.2 Å². The zero-order chi connectivity index (χ0) is 18.1. The average Bonchev–Trinajstić information content (AvgIpc) is 3.24. The van der Waals surface area contributed by atoms with Gasteiger partial charge >= 0.3 is 0 Å². The van der Waals surface area contributed by atoms with Crippen LogP contribution in [0.25, 0.3) is 10.9 Å². The fraction of sp³-hybridized carbons (Fsp3) is 0.421. The van der Waals surface area contributed by atoms with Crippen molar-refractivity contribution in [2.24, 2.45) is 7.05 Å². The number of nitrogens with one attached hydrogen (secondary N) is 2. The molecule has 0 spiro atoms. The summed E-state index contributed by atoms with van der Waals surface area (Å²) in [6.45, 7) is 3.62. The zero-order valence-corrected chi connectivity index (χ0v) is 15.1. The molecule has 7 nitrogen and oxygen atoms in total. The molecule has 7 heteroatoms. The predicted octanol–water partition coefficient (Wildman–Crippen LogP) is 1.90. The molecule has 1 saturated heterocycles. The van der Waals surface area contributed by atoms with E-state index in [-0.39, 0.29) is 18.0 Å². The molecule has 0 aliphatic carbocycles. The van der Waals surface area contributed by atoms with Crippen LogP contribution in [-0.4, -0.2) is 31.5 Å². The van der Waals surface area contributed by atoms with Crippen molar-refractivity contribution >= 4 is 16.8 Å². The quantitative estimate of drug-likeness (QED) is 0.735. The monoisotopic (exact) mass is 352 g/mol. The van der Waals surface area contributed by atoms with Gasteiger partial charge in [0.25, 0.3) is 0 Å². The molecule has 1 aromatic carbocycles. The third kappa shape index (κ3) is 2.99. The second kappa shape index (κ2) is 6.92. The van der Waals surface area contributed by atoms with Gasteiger partial charge in [-0.3, -0.25) is 14.2 Å². The maximum Gasteiger partial charge on any atom is 0.220 e. The number of hydrogen-bond donors (Lipinski definition) is 2. The fourth-order valence-corrected chi connectivity index (χ4v) is 3.78. The van der Waals surface area contributed by atoms with Gasteiger partial charge in [-0.05, 0) is 25.5 Å². The lowest BCUT2D eigenvalue weighted by atomic mass is 9.95. The molecule has 0 unspecified atom stereocenters. The van der Waals surface area contributed by atoms with Crippen molar-refractivity contribution in [3.05, 3.63) is 47.9 Å². The Hall–Kier alpha value is -2.67. The maximum atomic E-state index is 11.9. The first kappa shape index (κ1) is 16.8. The molecule has 1 aliphatic heterocycles. The SMILES string of the molecule is CCn1nc(CN[C@@H]2CCC(=O)N[C@H]2c2ccnn2C)c2ccccc21. The number of para-hydroxylation sites is 1. The van der Waals surface area contributed by atoms with E-state index >= 15 is 0 Å². The lowest BCUT2D eigenvalue weighted by molar-refractivity contribution is -0.124. The van der Waals surface area contributed by atoms with Crippen LogP contribution < -0.4 is 10.6 Å².